The van der Waals surface area contributed by atoms with Crippen molar-refractivity contribution in [1.82, 2.24) is 10.6 Å². The first-order valence-corrected chi connectivity index (χ1v) is 10.2. The Balaban J connectivity index is 0.00000512. The molecule has 0 aliphatic heterocycles. The van der Waals surface area contributed by atoms with Gasteiger partial charge < -0.3 is 25.8 Å². The van der Waals surface area contributed by atoms with Gasteiger partial charge in [-0.15, -0.1) is 30.4 Å². The number of aliphatic hydroxyl groups is 1. The molecule has 0 bridgehead atoms. The Labute approximate surface area is 207 Å². The molecule has 0 aliphatic rings. The minimum Gasteiger partial charge on any atom is -0.491 e. The number of aliphatic imine (C=N–C) groups is 1. The summed E-state index contributed by atoms with van der Waals surface area (Å²) >= 11 is 0. The fourth-order valence-corrected chi connectivity index (χ4v) is 2.76. The molecule has 0 fully saturated rings. The molecular formula is C24H31IN4O3. The van der Waals surface area contributed by atoms with Gasteiger partial charge in [0.15, 0.2) is 5.96 Å². The molecule has 0 spiro atoms. The average Bonchev–Trinajstić information content (AvgIpc) is 2.75. The van der Waals surface area contributed by atoms with Crippen LogP contribution in [0, 0.1) is 12.3 Å². The summed E-state index contributed by atoms with van der Waals surface area (Å²) in [6, 6.07) is 14.4. The molecular weight excluding hydrogens is 519 g/mol. The van der Waals surface area contributed by atoms with Gasteiger partial charge in [0, 0.05) is 24.3 Å². The van der Waals surface area contributed by atoms with Crippen LogP contribution in [0.5, 0.6) is 5.75 Å². The lowest BCUT2D eigenvalue weighted by atomic mass is 10.1. The zero-order valence-corrected chi connectivity index (χ0v) is 20.9. The standard InChI is InChI=1S/C24H30N4O3.HI/c1-5-18-9-7-11-20(13-18)28-23(30)16-27-24(25-6-2)26-15-22(29)19-10-8-12-21(14-19)31-17(3)4;/h1,7-14,17,22,29H,6,15-16H2,2-4H3,(H,28,30)(H2,25,26,27);1H. The number of terminal acetylenes is 1. The highest BCUT2D eigenvalue weighted by Gasteiger charge is 2.11. The highest BCUT2D eigenvalue weighted by atomic mass is 127. The first-order chi connectivity index (χ1) is 14.9. The smallest absolute Gasteiger partial charge is 0.246 e. The van der Waals surface area contributed by atoms with Crippen molar-refractivity contribution in [2.45, 2.75) is 33.0 Å². The van der Waals surface area contributed by atoms with E-state index in [4.69, 9.17) is 11.2 Å². The number of ether oxygens (including phenoxy) is 1. The molecule has 8 heteroatoms. The summed E-state index contributed by atoms with van der Waals surface area (Å²) in [4.78, 5) is 16.5. The lowest BCUT2D eigenvalue weighted by Crippen LogP contribution is -2.40. The predicted molar refractivity (Wildman–Crippen MR) is 140 cm³/mol. The Morgan fingerprint density at radius 2 is 1.94 bits per heavy atom. The highest BCUT2D eigenvalue weighted by molar-refractivity contribution is 14.0. The number of carbonyl (C=O) groups excluding carboxylic acids is 1. The summed E-state index contributed by atoms with van der Waals surface area (Å²) in [7, 11) is 0. The Kier molecular flexibility index (Phi) is 12.2. The molecule has 0 aromatic heterocycles. The van der Waals surface area contributed by atoms with Crippen LogP contribution in [-0.4, -0.2) is 42.7 Å². The maximum Gasteiger partial charge on any atom is 0.246 e. The molecule has 2 aromatic carbocycles. The summed E-state index contributed by atoms with van der Waals surface area (Å²) < 4.78 is 5.67. The van der Waals surface area contributed by atoms with Crippen molar-refractivity contribution in [3.63, 3.8) is 0 Å². The Hall–Kier alpha value is -2.77. The Bertz CT molecular complexity index is 941. The molecule has 4 N–H and O–H groups in total. The minimum atomic E-state index is -0.764. The fourth-order valence-electron chi connectivity index (χ4n) is 2.76. The van der Waals surface area contributed by atoms with Gasteiger partial charge in [-0.25, -0.2) is 4.99 Å². The number of benzene rings is 2. The lowest BCUT2D eigenvalue weighted by Gasteiger charge is -2.17. The minimum absolute atomic E-state index is 0. The maximum atomic E-state index is 12.2. The summed E-state index contributed by atoms with van der Waals surface area (Å²) in [6.45, 7) is 6.58. The third-order valence-corrected chi connectivity index (χ3v) is 4.12. The van der Waals surface area contributed by atoms with Crippen LogP contribution in [0.1, 0.15) is 38.0 Å². The van der Waals surface area contributed by atoms with E-state index < -0.39 is 6.10 Å². The van der Waals surface area contributed by atoms with Crippen LogP contribution in [0.4, 0.5) is 5.69 Å². The van der Waals surface area contributed by atoms with E-state index in [2.05, 4.69) is 26.9 Å². The van der Waals surface area contributed by atoms with Gasteiger partial charge >= 0.3 is 0 Å². The van der Waals surface area contributed by atoms with Gasteiger partial charge in [-0.3, -0.25) is 4.79 Å². The highest BCUT2D eigenvalue weighted by Crippen LogP contribution is 2.20. The van der Waals surface area contributed by atoms with Crippen LogP contribution in [0.25, 0.3) is 0 Å². The number of rotatable bonds is 9. The SMILES string of the molecule is C#Cc1cccc(NC(=O)CN=C(NCC)NCC(O)c2cccc(OC(C)C)c2)c1.I. The van der Waals surface area contributed by atoms with Crippen LogP contribution in [0.15, 0.2) is 53.5 Å². The molecule has 1 unspecified atom stereocenters. The number of amides is 1. The lowest BCUT2D eigenvalue weighted by molar-refractivity contribution is -0.114. The Morgan fingerprint density at radius 3 is 2.62 bits per heavy atom. The molecule has 2 aromatic rings. The van der Waals surface area contributed by atoms with E-state index in [0.29, 0.717) is 29.5 Å². The molecule has 0 aliphatic carbocycles. The molecule has 7 nitrogen and oxygen atoms in total. The maximum absolute atomic E-state index is 12.2. The van der Waals surface area contributed by atoms with E-state index in [9.17, 15) is 9.90 Å². The molecule has 1 amide bonds. The zero-order chi connectivity index (χ0) is 22.6. The molecule has 0 saturated carbocycles. The molecule has 0 radical (unpaired) electrons. The molecule has 172 valence electrons. The van der Waals surface area contributed by atoms with Crippen molar-refractivity contribution in [3.05, 3.63) is 59.7 Å². The first-order valence-electron chi connectivity index (χ1n) is 10.2. The molecule has 2 rings (SSSR count). The number of aliphatic hydroxyl groups excluding tert-OH is 1. The van der Waals surface area contributed by atoms with Gasteiger partial charge in [0.1, 0.15) is 12.3 Å². The van der Waals surface area contributed by atoms with Crippen LogP contribution in [0.2, 0.25) is 0 Å². The van der Waals surface area contributed by atoms with E-state index in [-0.39, 0.29) is 49.1 Å². The number of nitrogens with one attached hydrogen (secondary N) is 3. The van der Waals surface area contributed by atoms with Gasteiger partial charge in [0.25, 0.3) is 0 Å². The summed E-state index contributed by atoms with van der Waals surface area (Å²) in [5, 5.41) is 19.4. The average molecular weight is 550 g/mol. The second-order valence-electron chi connectivity index (χ2n) is 7.10. The third kappa shape index (κ3) is 9.58. The third-order valence-electron chi connectivity index (χ3n) is 4.12. The quantitative estimate of drug-likeness (QED) is 0.167. The van der Waals surface area contributed by atoms with Gasteiger partial charge in [0.05, 0.1) is 12.2 Å². The molecule has 32 heavy (non-hydrogen) atoms. The van der Waals surface area contributed by atoms with E-state index in [0.717, 1.165) is 5.56 Å². The van der Waals surface area contributed by atoms with Crippen molar-refractivity contribution >= 4 is 41.5 Å². The van der Waals surface area contributed by atoms with Crippen LogP contribution < -0.4 is 20.7 Å². The van der Waals surface area contributed by atoms with E-state index in [1.54, 1.807) is 24.3 Å². The zero-order valence-electron chi connectivity index (χ0n) is 18.6. The second-order valence-corrected chi connectivity index (χ2v) is 7.10. The number of anilines is 1. The topological polar surface area (TPSA) is 95.0 Å². The Morgan fingerprint density at radius 1 is 1.19 bits per heavy atom. The molecule has 1 atom stereocenters. The van der Waals surface area contributed by atoms with E-state index >= 15 is 0 Å². The van der Waals surface area contributed by atoms with Crippen molar-refractivity contribution in [2.24, 2.45) is 4.99 Å². The van der Waals surface area contributed by atoms with Crippen LogP contribution >= 0.6 is 24.0 Å². The van der Waals surface area contributed by atoms with Crippen LogP contribution in [-0.2, 0) is 4.79 Å². The summed E-state index contributed by atoms with van der Waals surface area (Å²) in [6.07, 6.45) is 4.67. The number of nitrogens with zero attached hydrogens (tertiary/aromatic N) is 1. The molecule has 0 heterocycles. The van der Waals surface area contributed by atoms with Crippen molar-refractivity contribution in [3.8, 4) is 18.1 Å². The molecule has 0 saturated heterocycles. The van der Waals surface area contributed by atoms with Crippen molar-refractivity contribution < 1.29 is 14.6 Å². The monoisotopic (exact) mass is 550 g/mol. The van der Waals surface area contributed by atoms with Gasteiger partial charge in [0.2, 0.25) is 5.91 Å². The van der Waals surface area contributed by atoms with E-state index in [1.807, 2.05) is 45.0 Å². The second kappa shape index (κ2) is 14.3. The number of halogens is 1. The fraction of sp³-hybridized carbons (Fsp3) is 0.333. The van der Waals surface area contributed by atoms with Crippen molar-refractivity contribution in [1.29, 1.82) is 0 Å². The number of carbonyl (C=O) groups is 1. The first kappa shape index (κ1) is 27.3. The predicted octanol–water partition coefficient (Wildman–Crippen LogP) is 3.30. The normalized spacial score (nSPS) is 11.7. The number of guanidine groups is 1. The largest absolute Gasteiger partial charge is 0.491 e. The van der Waals surface area contributed by atoms with Crippen molar-refractivity contribution in [2.75, 3.05) is 25.0 Å². The van der Waals surface area contributed by atoms with Crippen LogP contribution in [0.3, 0.4) is 0 Å². The number of hydrogen-bond acceptors (Lipinski definition) is 4. The van der Waals surface area contributed by atoms with E-state index in [1.165, 1.54) is 0 Å². The number of hydrogen-bond donors (Lipinski definition) is 4. The van der Waals surface area contributed by atoms with Gasteiger partial charge in [-0.2, -0.15) is 0 Å². The summed E-state index contributed by atoms with van der Waals surface area (Å²) in [5.41, 5.74) is 2.04. The summed E-state index contributed by atoms with van der Waals surface area (Å²) in [5.74, 6) is 3.40. The van der Waals surface area contributed by atoms with Gasteiger partial charge in [-0.05, 0) is 56.7 Å². The van der Waals surface area contributed by atoms with Gasteiger partial charge in [-0.1, -0.05) is 24.1 Å².